The van der Waals surface area contributed by atoms with Crippen LogP contribution >= 0.6 is 0 Å². The van der Waals surface area contributed by atoms with E-state index in [4.69, 9.17) is 19.3 Å². The van der Waals surface area contributed by atoms with Gasteiger partial charge in [0.25, 0.3) is 0 Å². The molecular weight excluding hydrogens is 425 g/mol. The molecule has 2 aromatic carbocycles. The second kappa shape index (κ2) is 12.5. The maximum Gasteiger partial charge on any atom is 0.227 e. The minimum Gasteiger partial charge on any atom is -0.438 e. The molecule has 1 N–H and O–H groups in total. The van der Waals surface area contributed by atoms with Gasteiger partial charge in [-0.3, -0.25) is 4.90 Å². The summed E-state index contributed by atoms with van der Waals surface area (Å²) in [5, 5.41) is 15.1. The number of nitrogens with zero attached hydrogens (tertiary/aromatic N) is 3. The zero-order valence-electron chi connectivity index (χ0n) is 19.4. The van der Waals surface area contributed by atoms with E-state index in [1.807, 2.05) is 44.2 Å². The summed E-state index contributed by atoms with van der Waals surface area (Å²) >= 11 is 0. The van der Waals surface area contributed by atoms with Gasteiger partial charge in [0, 0.05) is 39.4 Å². The van der Waals surface area contributed by atoms with E-state index >= 15 is 0 Å². The third-order valence-corrected chi connectivity index (χ3v) is 5.13. The van der Waals surface area contributed by atoms with E-state index in [9.17, 15) is 9.50 Å². The molecule has 0 bridgehead atoms. The third kappa shape index (κ3) is 7.10. The summed E-state index contributed by atoms with van der Waals surface area (Å²) in [4.78, 5) is 2.07. The van der Waals surface area contributed by atoms with Gasteiger partial charge in [-0.1, -0.05) is 24.3 Å². The number of halogens is 1. The van der Waals surface area contributed by atoms with Gasteiger partial charge in [0.15, 0.2) is 0 Å². The molecule has 0 radical (unpaired) electrons. The predicted molar refractivity (Wildman–Crippen MR) is 124 cm³/mol. The van der Waals surface area contributed by atoms with Gasteiger partial charge in [0.05, 0.1) is 36.3 Å². The topological polar surface area (TPSA) is 69.0 Å². The van der Waals surface area contributed by atoms with Crippen LogP contribution in [0.25, 0.3) is 5.69 Å². The average molecular weight is 458 g/mol. The maximum atomic E-state index is 13.8. The molecule has 0 aliphatic carbocycles. The number of hydrogen-bond donors (Lipinski definition) is 1. The van der Waals surface area contributed by atoms with E-state index in [2.05, 4.69) is 4.90 Å². The van der Waals surface area contributed by atoms with Crippen molar-refractivity contribution in [3.63, 3.8) is 0 Å². The van der Waals surface area contributed by atoms with Crippen molar-refractivity contribution in [1.82, 2.24) is 14.7 Å². The Hall–Kier alpha value is -2.78. The van der Waals surface area contributed by atoms with Gasteiger partial charge < -0.3 is 19.3 Å². The van der Waals surface area contributed by atoms with Crippen molar-refractivity contribution in [2.75, 3.05) is 40.0 Å². The van der Waals surface area contributed by atoms with E-state index in [-0.39, 0.29) is 12.4 Å². The Bertz CT molecular complexity index is 997. The van der Waals surface area contributed by atoms with Crippen molar-refractivity contribution >= 4 is 0 Å². The quantitative estimate of drug-likeness (QED) is 0.419. The van der Waals surface area contributed by atoms with Crippen LogP contribution in [0.1, 0.15) is 18.2 Å². The van der Waals surface area contributed by atoms with Crippen LogP contribution in [0.3, 0.4) is 0 Å². The summed E-state index contributed by atoms with van der Waals surface area (Å²) in [7, 11) is 1.64. The van der Waals surface area contributed by atoms with Crippen LogP contribution < -0.4 is 4.74 Å². The minimum absolute atomic E-state index is 0.259. The molecule has 3 aromatic rings. The molecule has 0 saturated heterocycles. The zero-order valence-corrected chi connectivity index (χ0v) is 19.4. The number of methoxy groups -OCH3 is 1. The molecular formula is C25H32FN3O4. The highest BCUT2D eigenvalue weighted by atomic mass is 19.1. The highest BCUT2D eigenvalue weighted by molar-refractivity contribution is 5.43. The lowest BCUT2D eigenvalue weighted by molar-refractivity contribution is 0.0147. The molecule has 8 heteroatoms. The first-order valence-electron chi connectivity index (χ1n) is 11.1. The van der Waals surface area contributed by atoms with E-state index < -0.39 is 6.10 Å². The summed E-state index contributed by atoms with van der Waals surface area (Å²) in [5.41, 5.74) is 2.47. The van der Waals surface area contributed by atoms with Crippen molar-refractivity contribution in [3.05, 3.63) is 71.7 Å². The van der Waals surface area contributed by atoms with Crippen molar-refractivity contribution in [3.8, 4) is 17.3 Å². The monoisotopic (exact) mass is 457 g/mol. The fraction of sp³-hybridized carbons (Fsp3) is 0.400. The van der Waals surface area contributed by atoms with Crippen LogP contribution in [0.4, 0.5) is 4.39 Å². The molecule has 0 fully saturated rings. The van der Waals surface area contributed by atoms with E-state index in [1.165, 1.54) is 12.1 Å². The molecule has 0 amide bonds. The highest BCUT2D eigenvalue weighted by Gasteiger charge is 2.22. The number of aliphatic hydroxyl groups excluding tert-OH is 1. The Morgan fingerprint density at radius 1 is 1.15 bits per heavy atom. The van der Waals surface area contributed by atoms with Gasteiger partial charge in [-0.2, -0.15) is 5.10 Å². The number of aromatic nitrogens is 2. The summed E-state index contributed by atoms with van der Waals surface area (Å²) in [6.45, 7) is 6.60. The fourth-order valence-electron chi connectivity index (χ4n) is 3.50. The maximum absolute atomic E-state index is 13.8. The molecule has 33 heavy (non-hydrogen) atoms. The normalized spacial score (nSPS) is 12.3. The van der Waals surface area contributed by atoms with Gasteiger partial charge in [-0.15, -0.1) is 0 Å². The summed E-state index contributed by atoms with van der Waals surface area (Å²) < 4.78 is 32.4. The summed E-state index contributed by atoms with van der Waals surface area (Å²) in [6, 6.07) is 15.7. The average Bonchev–Trinajstić information content (AvgIpc) is 3.11. The van der Waals surface area contributed by atoms with Crippen molar-refractivity contribution in [2.45, 2.75) is 26.5 Å². The zero-order chi connectivity index (χ0) is 23.6. The smallest absolute Gasteiger partial charge is 0.227 e. The van der Waals surface area contributed by atoms with Crippen molar-refractivity contribution < 1.29 is 23.7 Å². The molecule has 1 unspecified atom stereocenters. The number of hydrogen-bond acceptors (Lipinski definition) is 6. The molecule has 3 rings (SSSR count). The van der Waals surface area contributed by atoms with Crippen LogP contribution in [0.2, 0.25) is 0 Å². The van der Waals surface area contributed by atoms with Gasteiger partial charge in [-0.25, -0.2) is 9.07 Å². The first kappa shape index (κ1) is 24.9. The van der Waals surface area contributed by atoms with Crippen molar-refractivity contribution in [2.24, 2.45) is 0 Å². The van der Waals surface area contributed by atoms with Crippen LogP contribution in [-0.4, -0.2) is 65.9 Å². The minimum atomic E-state index is -0.640. The predicted octanol–water partition coefficient (Wildman–Crippen LogP) is 3.96. The van der Waals surface area contributed by atoms with Crippen LogP contribution in [0, 0.1) is 12.7 Å². The summed E-state index contributed by atoms with van der Waals surface area (Å²) in [5.74, 6) is 0.511. The van der Waals surface area contributed by atoms with Crippen LogP contribution in [0.5, 0.6) is 11.6 Å². The standard InChI is InChI=1S/C25H32FN3O4/c1-4-32-18-22(30)16-28(13-14-31-3)17-24-19(2)27-29(21-10-6-5-7-11-21)25(24)33-23-12-8-9-20(26)15-23/h5-12,15,22,30H,4,13-14,16-18H2,1-3H3. The summed E-state index contributed by atoms with van der Waals surface area (Å²) in [6.07, 6.45) is -0.640. The largest absolute Gasteiger partial charge is 0.438 e. The lowest BCUT2D eigenvalue weighted by Gasteiger charge is -2.25. The molecule has 1 heterocycles. The van der Waals surface area contributed by atoms with E-state index in [1.54, 1.807) is 23.9 Å². The first-order chi connectivity index (χ1) is 16.0. The van der Waals surface area contributed by atoms with Crippen molar-refractivity contribution in [1.29, 1.82) is 0 Å². The number of para-hydroxylation sites is 1. The molecule has 0 aliphatic rings. The second-order valence-electron chi connectivity index (χ2n) is 7.72. The Morgan fingerprint density at radius 3 is 2.64 bits per heavy atom. The van der Waals surface area contributed by atoms with Gasteiger partial charge in [0.2, 0.25) is 5.88 Å². The number of rotatable bonds is 13. The van der Waals surface area contributed by atoms with Crippen LogP contribution in [0.15, 0.2) is 54.6 Å². The van der Waals surface area contributed by atoms with Gasteiger partial charge in [-0.05, 0) is 38.1 Å². The Kier molecular flexibility index (Phi) is 9.38. The first-order valence-corrected chi connectivity index (χ1v) is 11.1. The molecule has 1 aromatic heterocycles. The van der Waals surface area contributed by atoms with E-state index in [0.29, 0.717) is 44.5 Å². The fourth-order valence-corrected chi connectivity index (χ4v) is 3.50. The molecule has 0 aliphatic heterocycles. The second-order valence-corrected chi connectivity index (χ2v) is 7.72. The Morgan fingerprint density at radius 2 is 1.94 bits per heavy atom. The Labute approximate surface area is 194 Å². The molecule has 178 valence electrons. The molecule has 7 nitrogen and oxygen atoms in total. The number of benzene rings is 2. The van der Waals surface area contributed by atoms with Gasteiger partial charge >= 0.3 is 0 Å². The Balaban J connectivity index is 1.95. The SMILES string of the molecule is CCOCC(O)CN(CCOC)Cc1c(C)nn(-c2ccccc2)c1Oc1cccc(F)c1. The highest BCUT2D eigenvalue weighted by Crippen LogP contribution is 2.32. The number of aliphatic hydroxyl groups is 1. The number of aryl methyl sites for hydroxylation is 1. The molecule has 0 spiro atoms. The number of ether oxygens (including phenoxy) is 3. The lowest BCUT2D eigenvalue weighted by Crippen LogP contribution is -2.36. The third-order valence-electron chi connectivity index (χ3n) is 5.13. The van der Waals surface area contributed by atoms with Gasteiger partial charge in [0.1, 0.15) is 11.6 Å². The molecule has 0 saturated carbocycles. The molecule has 1 atom stereocenters. The van der Waals surface area contributed by atoms with E-state index in [0.717, 1.165) is 16.9 Å². The lowest BCUT2D eigenvalue weighted by atomic mass is 10.2. The van der Waals surface area contributed by atoms with Crippen LogP contribution in [-0.2, 0) is 16.0 Å².